The van der Waals surface area contributed by atoms with Crippen molar-refractivity contribution in [2.75, 3.05) is 40.7 Å². The van der Waals surface area contributed by atoms with Crippen molar-refractivity contribution in [3.05, 3.63) is 12.2 Å². The molecule has 4 heterocycles. The van der Waals surface area contributed by atoms with E-state index in [1.165, 1.54) is 39.0 Å². The number of aliphatic hydroxyl groups excluding tert-OH is 2. The van der Waals surface area contributed by atoms with Gasteiger partial charge in [0.2, 0.25) is 5.91 Å². The summed E-state index contributed by atoms with van der Waals surface area (Å²) in [6, 6.07) is -1.42. The first-order valence-electron chi connectivity index (χ1n) is 21.2. The van der Waals surface area contributed by atoms with Crippen LogP contribution >= 0.6 is 11.8 Å². The van der Waals surface area contributed by atoms with Gasteiger partial charge in [-0.2, -0.15) is 11.8 Å². The number of carboxylic acids is 1. The Morgan fingerprint density at radius 2 is 1.63 bits per heavy atom. The van der Waals surface area contributed by atoms with Crippen molar-refractivity contribution in [3.63, 3.8) is 0 Å². The van der Waals surface area contributed by atoms with Crippen molar-refractivity contribution in [1.82, 2.24) is 10.2 Å². The maximum atomic E-state index is 14.2. The number of fused-ring (bicyclic) bond motifs is 1. The first kappa shape index (κ1) is 50.4. The number of likely N-dealkylation sites (N-methyl/N-ethyl adjacent to an activating group) is 1. The Kier molecular flexibility index (Phi) is 19.3. The van der Waals surface area contributed by atoms with Crippen LogP contribution in [0.25, 0.3) is 0 Å². The molecule has 4 rings (SSSR count). The highest BCUT2D eigenvalue weighted by Gasteiger charge is 2.54. The van der Waals surface area contributed by atoms with Gasteiger partial charge in [0.15, 0.2) is 12.6 Å². The van der Waals surface area contributed by atoms with Gasteiger partial charge in [0.05, 0.1) is 37.1 Å². The number of thioether (sulfide) groups is 1. The number of ketones is 1. The Bertz CT molecular complexity index is 1460. The minimum absolute atomic E-state index is 0.0318. The van der Waals surface area contributed by atoms with Crippen LogP contribution in [0.5, 0.6) is 0 Å². The van der Waals surface area contributed by atoms with Gasteiger partial charge in [-0.15, -0.1) is 0 Å². The van der Waals surface area contributed by atoms with E-state index in [-0.39, 0.29) is 48.5 Å². The molecule has 3 saturated heterocycles. The molecule has 60 heavy (non-hydrogen) atoms. The maximum Gasteiger partial charge on any atom is 0.330 e. The van der Waals surface area contributed by atoms with Gasteiger partial charge in [-0.25, -0.2) is 9.59 Å². The quantitative estimate of drug-likeness (QED) is 0.145. The molecule has 0 aromatic heterocycles. The third-order valence-corrected chi connectivity index (χ3v) is 13.7. The summed E-state index contributed by atoms with van der Waals surface area (Å²) in [5.41, 5.74) is 0. The zero-order valence-electron chi connectivity index (χ0n) is 37.0. The highest BCUT2D eigenvalue weighted by molar-refractivity contribution is 8.00. The third-order valence-electron chi connectivity index (χ3n) is 12.3. The minimum Gasteiger partial charge on any atom is -0.480 e. The number of esters is 1. The van der Waals surface area contributed by atoms with Crippen LogP contribution < -0.4 is 5.32 Å². The fraction of sp³-hybridized carbons (Fsp3) is 0.857. The lowest BCUT2D eigenvalue weighted by Gasteiger charge is -2.43. The van der Waals surface area contributed by atoms with Crippen LogP contribution in [0, 0.1) is 23.7 Å². The molecule has 19 unspecified atom stereocenters. The highest BCUT2D eigenvalue weighted by atomic mass is 32.2. The van der Waals surface area contributed by atoms with Gasteiger partial charge in [-0.3, -0.25) is 9.59 Å². The summed E-state index contributed by atoms with van der Waals surface area (Å²) in [5.74, 6) is -4.07. The minimum atomic E-state index is -1.21. The Morgan fingerprint density at radius 3 is 2.23 bits per heavy atom. The average Bonchev–Trinajstić information content (AvgIpc) is 3.98. The van der Waals surface area contributed by atoms with E-state index in [2.05, 4.69) is 5.32 Å². The molecule has 3 fully saturated rings. The molecule has 0 saturated carbocycles. The number of carbonyl (C=O) groups excluding carboxylic acids is 3. The monoisotopic (exact) mass is 874 g/mol. The van der Waals surface area contributed by atoms with Crippen molar-refractivity contribution < 1.29 is 72.4 Å². The lowest BCUT2D eigenvalue weighted by Crippen LogP contribution is -2.59. The smallest absolute Gasteiger partial charge is 0.330 e. The maximum absolute atomic E-state index is 14.2. The lowest BCUT2D eigenvalue weighted by molar-refractivity contribution is -0.305. The van der Waals surface area contributed by atoms with Crippen molar-refractivity contribution in [2.45, 2.75) is 165 Å². The number of nitrogens with one attached hydrogen (secondary N) is 1. The molecule has 344 valence electrons. The molecule has 4 aliphatic rings. The second kappa shape index (κ2) is 22.9. The molecule has 4 aliphatic heterocycles. The van der Waals surface area contributed by atoms with Crippen LogP contribution in [0.1, 0.15) is 74.1 Å². The number of aliphatic hydroxyl groups is 2. The van der Waals surface area contributed by atoms with Gasteiger partial charge in [0, 0.05) is 68.4 Å². The number of amides is 1. The largest absolute Gasteiger partial charge is 0.480 e. The van der Waals surface area contributed by atoms with Gasteiger partial charge >= 0.3 is 11.9 Å². The molecular formula is C42H70N2O15S. The number of carbonyl (C=O) groups is 4. The van der Waals surface area contributed by atoms with E-state index in [4.69, 9.17) is 37.9 Å². The Morgan fingerprint density at radius 1 is 0.950 bits per heavy atom. The summed E-state index contributed by atoms with van der Waals surface area (Å²) in [5, 5.41) is 33.9. The zero-order chi connectivity index (χ0) is 44.6. The number of aliphatic carboxylic acids is 1. The molecule has 19 atom stereocenters. The molecule has 0 bridgehead atoms. The Hall–Kier alpha value is -2.23. The van der Waals surface area contributed by atoms with Crippen LogP contribution in [0.15, 0.2) is 12.2 Å². The summed E-state index contributed by atoms with van der Waals surface area (Å²) in [4.78, 5) is 53.9. The summed E-state index contributed by atoms with van der Waals surface area (Å²) in [7, 11) is 6.72. The number of hydrogen-bond donors (Lipinski definition) is 4. The van der Waals surface area contributed by atoms with E-state index in [9.17, 15) is 34.5 Å². The molecule has 4 N–H and O–H groups in total. The molecule has 1 amide bonds. The van der Waals surface area contributed by atoms with Crippen molar-refractivity contribution in [1.29, 1.82) is 0 Å². The summed E-state index contributed by atoms with van der Waals surface area (Å²) in [6.45, 7) is 12.4. The van der Waals surface area contributed by atoms with Crippen LogP contribution in [-0.2, 0) is 57.1 Å². The third kappa shape index (κ3) is 13.2. The SMILES string of the molecule is CCC1OC(=O)/C=C/C(C)C(OC2OC(C)CC(N(C)C)C2O)C(C)CC(C)C(=O)CC(SCC(NC(C)=O)C(=O)O)C2OC2C1COC1OC(C)C(O)C(OC)C1OC. The number of epoxide rings is 1. The lowest BCUT2D eigenvalue weighted by atomic mass is 9.83. The average molecular weight is 875 g/mol. The number of cyclic esters (lactones) is 1. The molecule has 18 heteroatoms. The Labute approximate surface area is 358 Å². The predicted octanol–water partition coefficient (Wildman–Crippen LogP) is 2.17. The highest BCUT2D eigenvalue weighted by Crippen LogP contribution is 2.43. The summed E-state index contributed by atoms with van der Waals surface area (Å²) < 4.78 is 48.8. The number of hydrogen-bond acceptors (Lipinski definition) is 16. The molecule has 0 aromatic carbocycles. The molecule has 0 aliphatic carbocycles. The number of rotatable bonds is 14. The van der Waals surface area contributed by atoms with Crippen LogP contribution in [0.4, 0.5) is 0 Å². The van der Waals surface area contributed by atoms with Crippen LogP contribution in [0.3, 0.4) is 0 Å². The van der Waals surface area contributed by atoms with Crippen molar-refractivity contribution >= 4 is 35.4 Å². The normalized spacial score (nSPS) is 41.8. The van der Waals surface area contributed by atoms with Crippen LogP contribution in [-0.4, -0.2) is 175 Å². The van der Waals surface area contributed by atoms with E-state index in [0.717, 1.165) is 0 Å². The number of carboxylic acid groups (broad SMARTS) is 1. The van der Waals surface area contributed by atoms with Crippen molar-refractivity contribution in [2.24, 2.45) is 23.7 Å². The van der Waals surface area contributed by atoms with Gasteiger partial charge < -0.3 is 63.4 Å². The van der Waals surface area contributed by atoms with Gasteiger partial charge in [-0.05, 0) is 53.1 Å². The number of nitrogens with zero attached hydrogens (tertiary/aromatic N) is 1. The topological polar surface area (TPSA) is 221 Å². The first-order valence-corrected chi connectivity index (χ1v) is 22.2. The first-order chi connectivity index (χ1) is 28.3. The van der Waals surface area contributed by atoms with Gasteiger partial charge in [0.1, 0.15) is 42.3 Å². The molecule has 0 aromatic rings. The number of methoxy groups -OCH3 is 2. The van der Waals surface area contributed by atoms with Gasteiger partial charge in [-0.1, -0.05) is 33.8 Å². The predicted molar refractivity (Wildman–Crippen MR) is 220 cm³/mol. The fourth-order valence-corrected chi connectivity index (χ4v) is 10.1. The standard InChI is InChI=1S/C42H70N2O15S/c1-12-30-26(18-54-42-39(53-11)38(52-10)33(48)24(6)56-42)36-37(58-36)31(60-19-27(40(50)51)43-25(7)45)17-29(46)21(3)15-22(4)35(20(2)13-14-32(47)57-30)59-41-34(49)28(44(8)9)16-23(5)55-41/h13-14,20-24,26-28,30-31,33-39,41-42,48-49H,12,15-19H2,1-11H3,(H,43,45)(H,50,51)/b14-13+. The number of ether oxygens (including phenoxy) is 8. The summed E-state index contributed by atoms with van der Waals surface area (Å²) >= 11 is 1.23. The fourth-order valence-electron chi connectivity index (χ4n) is 8.76. The second-order valence-electron chi connectivity index (χ2n) is 17.2. The molecule has 0 spiro atoms. The van der Waals surface area contributed by atoms with E-state index in [1.54, 1.807) is 13.0 Å². The van der Waals surface area contributed by atoms with E-state index >= 15 is 0 Å². The Balaban J connectivity index is 1.68. The van der Waals surface area contributed by atoms with Gasteiger partial charge in [0.25, 0.3) is 0 Å². The van der Waals surface area contributed by atoms with E-state index in [0.29, 0.717) is 19.3 Å². The van der Waals surface area contributed by atoms with E-state index in [1.807, 2.05) is 53.6 Å². The number of Topliss-reactive ketones (excluding diaryl/α,β-unsaturated/α-hetero) is 1. The van der Waals surface area contributed by atoms with Crippen molar-refractivity contribution in [3.8, 4) is 0 Å². The summed E-state index contributed by atoms with van der Waals surface area (Å²) in [6.07, 6.45) is -4.17. The second-order valence-corrected chi connectivity index (χ2v) is 18.5. The zero-order valence-corrected chi connectivity index (χ0v) is 37.8. The molecule has 0 radical (unpaired) electrons. The molecular weight excluding hydrogens is 805 g/mol. The molecule has 17 nitrogen and oxygen atoms in total. The van der Waals surface area contributed by atoms with E-state index < -0.39 is 108 Å². The van der Waals surface area contributed by atoms with Crippen LogP contribution in [0.2, 0.25) is 0 Å².